The summed E-state index contributed by atoms with van der Waals surface area (Å²) in [6.07, 6.45) is -1.94. The molecule has 4 aliphatic rings. The number of carbonyl (C=O) groups is 2. The summed E-state index contributed by atoms with van der Waals surface area (Å²) in [6.45, 7) is 6.60. The van der Waals surface area contributed by atoms with E-state index in [-0.39, 0.29) is 29.7 Å². The predicted molar refractivity (Wildman–Crippen MR) is 152 cm³/mol. The van der Waals surface area contributed by atoms with Crippen molar-refractivity contribution < 1.29 is 37.3 Å². The van der Waals surface area contributed by atoms with Gasteiger partial charge in [-0.25, -0.2) is 0 Å². The molecule has 2 heterocycles. The number of hydrogen-bond acceptors (Lipinski definition) is 6. The Kier molecular flexibility index (Phi) is 7.15. The lowest BCUT2D eigenvalue weighted by Crippen LogP contribution is -2.68. The number of esters is 1. The number of hydrogen-bond donors (Lipinski definition) is 1. The fourth-order valence-electron chi connectivity index (χ4n) is 8.03. The van der Waals surface area contributed by atoms with Crippen molar-refractivity contribution in [1.29, 1.82) is 0 Å². The minimum atomic E-state index is -4.45. The summed E-state index contributed by atoms with van der Waals surface area (Å²) in [5.74, 6) is 5.57. The Morgan fingerprint density at radius 3 is 2.60 bits per heavy atom. The van der Waals surface area contributed by atoms with E-state index in [4.69, 9.17) is 9.47 Å². The predicted octanol–water partition coefficient (Wildman–Crippen LogP) is 4.91. The van der Waals surface area contributed by atoms with E-state index in [9.17, 15) is 27.9 Å². The Morgan fingerprint density at radius 2 is 1.95 bits per heavy atom. The number of amides is 1. The Balaban J connectivity index is 1.39. The summed E-state index contributed by atoms with van der Waals surface area (Å²) in [5.41, 5.74) is 0.842. The van der Waals surface area contributed by atoms with Crippen LogP contribution in [0.25, 0.3) is 0 Å². The number of likely N-dealkylation sites (tertiary alicyclic amines) is 1. The molecule has 0 radical (unpaired) electrons. The second-order valence-electron chi connectivity index (χ2n) is 12.7. The van der Waals surface area contributed by atoms with Gasteiger partial charge in [-0.15, -0.1) is 0 Å². The number of phenolic OH excluding ortho intramolecular Hbond substituents is 1. The van der Waals surface area contributed by atoms with Crippen LogP contribution in [0.2, 0.25) is 0 Å². The maximum absolute atomic E-state index is 13.8. The highest BCUT2D eigenvalue weighted by molar-refractivity contribution is 5.94. The molecule has 1 amide bonds. The number of nitrogens with zero attached hydrogens (tertiary/aromatic N) is 2. The maximum Gasteiger partial charge on any atom is 0.416 e. The van der Waals surface area contributed by atoms with E-state index in [1.54, 1.807) is 4.90 Å². The van der Waals surface area contributed by atoms with Gasteiger partial charge in [-0.05, 0) is 75.4 Å². The lowest BCUT2D eigenvalue weighted by atomic mass is 9.51. The van der Waals surface area contributed by atoms with Crippen molar-refractivity contribution in [2.75, 3.05) is 20.1 Å². The number of carbonyl (C=O) groups excluding carboxylic acids is 2. The standard InChI is InChI=1S/C33H35F3N2O5/c1-18(2)17-38(28(41)12-7-20-5-8-21(9-6-20)33(34,35)36)24-11-10-23-25-15-22-27(42-19(3)39)16-26(40)30-29(22)32(23,31(24)43-30)13-14-37(25)4/h5-6,8-9,16,18,23-25,31,40H,10-11,13-15,17H2,1-4H3/t23-,24-,25+,31-,32-/m0/s1. The lowest BCUT2D eigenvalue weighted by molar-refractivity contribution is -0.138. The smallest absolute Gasteiger partial charge is 0.416 e. The molecule has 10 heteroatoms. The summed E-state index contributed by atoms with van der Waals surface area (Å²) in [7, 11) is 2.11. The van der Waals surface area contributed by atoms with Crippen LogP contribution in [-0.4, -0.2) is 65.1 Å². The Labute approximate surface area is 248 Å². The highest BCUT2D eigenvalue weighted by Crippen LogP contribution is 2.65. The van der Waals surface area contributed by atoms with Gasteiger partial charge in [0, 0.05) is 53.6 Å². The van der Waals surface area contributed by atoms with Crippen molar-refractivity contribution in [1.82, 2.24) is 9.80 Å². The number of halogens is 3. The molecule has 2 bridgehead atoms. The van der Waals surface area contributed by atoms with E-state index < -0.39 is 35.1 Å². The van der Waals surface area contributed by atoms with Crippen LogP contribution in [0.1, 0.15) is 62.3 Å². The largest absolute Gasteiger partial charge is 0.504 e. The molecule has 2 fully saturated rings. The van der Waals surface area contributed by atoms with Gasteiger partial charge < -0.3 is 24.4 Å². The average Bonchev–Trinajstić information content (AvgIpc) is 3.28. The molecule has 1 N–H and O–H groups in total. The first-order valence-corrected chi connectivity index (χ1v) is 14.8. The number of benzene rings is 2. The first kappa shape index (κ1) is 29.4. The van der Waals surface area contributed by atoms with Crippen LogP contribution in [0.5, 0.6) is 17.2 Å². The second kappa shape index (κ2) is 10.5. The van der Waals surface area contributed by atoms with E-state index in [1.807, 2.05) is 13.8 Å². The van der Waals surface area contributed by atoms with Gasteiger partial charge >= 0.3 is 12.1 Å². The quantitative estimate of drug-likeness (QED) is 0.307. The maximum atomic E-state index is 13.8. The fourth-order valence-corrected chi connectivity index (χ4v) is 8.03. The van der Waals surface area contributed by atoms with Crippen molar-refractivity contribution >= 4 is 11.9 Å². The Bertz CT molecular complexity index is 1530. The van der Waals surface area contributed by atoms with Gasteiger partial charge in [0.1, 0.15) is 11.9 Å². The van der Waals surface area contributed by atoms with Crippen LogP contribution in [0.4, 0.5) is 13.2 Å². The van der Waals surface area contributed by atoms with Gasteiger partial charge in [-0.2, -0.15) is 13.2 Å². The van der Waals surface area contributed by atoms with Crippen LogP contribution in [0, 0.1) is 23.7 Å². The summed E-state index contributed by atoms with van der Waals surface area (Å²) in [6, 6.07) is 5.75. The normalized spacial score (nSPS) is 27.1. The van der Waals surface area contributed by atoms with Crippen LogP contribution in [0.15, 0.2) is 30.3 Å². The Hall–Kier alpha value is -3.71. The molecule has 43 heavy (non-hydrogen) atoms. The van der Waals surface area contributed by atoms with Gasteiger partial charge in [0.2, 0.25) is 0 Å². The summed E-state index contributed by atoms with van der Waals surface area (Å²) in [4.78, 5) is 29.9. The van der Waals surface area contributed by atoms with Gasteiger partial charge in [-0.1, -0.05) is 19.8 Å². The minimum absolute atomic E-state index is 0.0857. The summed E-state index contributed by atoms with van der Waals surface area (Å²) in [5, 5.41) is 11.1. The third-order valence-electron chi connectivity index (χ3n) is 9.65. The van der Waals surface area contributed by atoms with Crippen LogP contribution < -0.4 is 9.47 Å². The topological polar surface area (TPSA) is 79.3 Å². The molecule has 7 nitrogen and oxygen atoms in total. The van der Waals surface area contributed by atoms with Gasteiger partial charge in [0.05, 0.1) is 11.6 Å². The van der Waals surface area contributed by atoms with Crippen LogP contribution >= 0.6 is 0 Å². The summed E-state index contributed by atoms with van der Waals surface area (Å²) < 4.78 is 51.2. The van der Waals surface area contributed by atoms with E-state index in [1.165, 1.54) is 25.1 Å². The summed E-state index contributed by atoms with van der Waals surface area (Å²) >= 11 is 0. The zero-order valence-electron chi connectivity index (χ0n) is 24.6. The number of alkyl halides is 3. The third kappa shape index (κ3) is 4.82. The molecule has 6 rings (SSSR count). The number of piperidine rings is 1. The van der Waals surface area contributed by atoms with E-state index >= 15 is 0 Å². The third-order valence-corrected chi connectivity index (χ3v) is 9.65. The van der Waals surface area contributed by atoms with Crippen molar-refractivity contribution in [3.63, 3.8) is 0 Å². The molecular formula is C33H35F3N2O5. The number of rotatable bonds is 4. The molecule has 0 unspecified atom stereocenters. The zero-order valence-corrected chi connectivity index (χ0v) is 24.6. The molecule has 2 aromatic rings. The molecule has 1 saturated carbocycles. The molecule has 2 aromatic carbocycles. The number of ether oxygens (including phenoxy) is 2. The van der Waals surface area contributed by atoms with Gasteiger partial charge in [-0.3, -0.25) is 9.59 Å². The number of phenols is 1. The molecular weight excluding hydrogens is 561 g/mol. The lowest BCUT2D eigenvalue weighted by Gasteiger charge is -2.60. The van der Waals surface area contributed by atoms with Crippen molar-refractivity contribution in [3.8, 4) is 29.1 Å². The van der Waals surface area contributed by atoms with E-state index in [0.717, 1.165) is 42.6 Å². The average molecular weight is 597 g/mol. The molecule has 5 atom stereocenters. The number of aromatic hydroxyl groups is 1. The van der Waals surface area contributed by atoms with Gasteiger partial charge in [0.15, 0.2) is 11.5 Å². The molecule has 228 valence electrons. The molecule has 1 saturated heterocycles. The molecule has 2 aliphatic heterocycles. The molecule has 0 aromatic heterocycles. The monoisotopic (exact) mass is 596 g/mol. The number of likely N-dealkylation sites (N-methyl/N-ethyl adjacent to an activating group) is 1. The first-order valence-electron chi connectivity index (χ1n) is 14.8. The van der Waals surface area contributed by atoms with Crippen molar-refractivity contribution in [2.24, 2.45) is 11.8 Å². The minimum Gasteiger partial charge on any atom is -0.504 e. The highest BCUT2D eigenvalue weighted by atomic mass is 19.4. The van der Waals surface area contributed by atoms with Gasteiger partial charge in [0.25, 0.3) is 5.91 Å². The van der Waals surface area contributed by atoms with E-state index in [0.29, 0.717) is 36.4 Å². The van der Waals surface area contributed by atoms with Crippen molar-refractivity contribution in [2.45, 2.75) is 76.2 Å². The second-order valence-corrected chi connectivity index (χ2v) is 12.7. The highest BCUT2D eigenvalue weighted by Gasteiger charge is 2.67. The van der Waals surface area contributed by atoms with E-state index in [2.05, 4.69) is 23.8 Å². The molecule has 1 spiro atoms. The van der Waals surface area contributed by atoms with Crippen LogP contribution in [0.3, 0.4) is 0 Å². The SMILES string of the molecule is CC(=O)Oc1cc(O)c2c3c1C[C@@H]1[C@@H]4CC[C@H](N(CC(C)C)C(=O)C#Cc5ccc(C(F)(F)F)cc5)[C@H](O2)[C@]34CCN1C. The Morgan fingerprint density at radius 1 is 1.23 bits per heavy atom. The fraction of sp³-hybridized carbons (Fsp3) is 0.515. The molecule has 2 aliphatic carbocycles. The first-order chi connectivity index (χ1) is 20.3. The zero-order chi connectivity index (χ0) is 30.8. The van der Waals surface area contributed by atoms with Crippen LogP contribution in [-0.2, 0) is 27.6 Å². The van der Waals surface area contributed by atoms with Crippen molar-refractivity contribution in [3.05, 3.63) is 52.6 Å².